The molecular weight excluding hydrogens is 592 g/mol. The van der Waals surface area contributed by atoms with Gasteiger partial charge in [0.1, 0.15) is 29.4 Å². The molecule has 1 fully saturated rings. The van der Waals surface area contributed by atoms with Crippen LogP contribution in [0.25, 0.3) is 22.3 Å². The number of aromatic nitrogens is 5. The third-order valence-electron chi connectivity index (χ3n) is 7.81. The number of piperidine rings is 1. The van der Waals surface area contributed by atoms with Crippen LogP contribution in [0.3, 0.4) is 0 Å². The number of carbonyl (C=O) groups is 1. The second-order valence-corrected chi connectivity index (χ2v) is 10.7. The van der Waals surface area contributed by atoms with Crippen molar-refractivity contribution in [3.05, 3.63) is 89.8 Å². The quantitative estimate of drug-likeness (QED) is 0.221. The van der Waals surface area contributed by atoms with E-state index in [9.17, 15) is 22.4 Å². The van der Waals surface area contributed by atoms with E-state index < -0.39 is 29.0 Å². The van der Waals surface area contributed by atoms with Crippen molar-refractivity contribution >= 4 is 28.4 Å². The SMILES string of the molecule is COc1cc(-c2nn(C3CCN(Cc4cccnc4)CC3)c3ncnc(N)c23)ccc1NC(=O)c1ccc(C(F)(F)F)cc1F. The number of methoxy groups -OCH3 is 1. The van der Waals surface area contributed by atoms with E-state index in [4.69, 9.17) is 15.6 Å². The standard InChI is InChI=1S/C31H28F4N8O2/c1-45-25-13-19(4-7-24(25)40-30(44)22-6-5-20(14-23(22)32)31(33,34)35)27-26-28(36)38-17-39-29(26)43(41-27)21-8-11-42(12-9-21)16-18-3-2-10-37-15-18/h2-7,10,13-15,17,21H,8-9,11-12,16H2,1H3,(H,40,44)(H2,36,38,39). The molecule has 1 amide bonds. The molecule has 0 unspecified atom stereocenters. The molecule has 4 heterocycles. The first-order valence-corrected chi connectivity index (χ1v) is 14.1. The van der Waals surface area contributed by atoms with Crippen LogP contribution in [0.15, 0.2) is 67.3 Å². The van der Waals surface area contributed by atoms with Gasteiger partial charge in [-0.2, -0.15) is 18.3 Å². The van der Waals surface area contributed by atoms with Gasteiger partial charge in [0.15, 0.2) is 5.65 Å². The number of ether oxygens (including phenoxy) is 1. The Morgan fingerprint density at radius 1 is 1.11 bits per heavy atom. The van der Waals surface area contributed by atoms with Gasteiger partial charge in [0, 0.05) is 37.6 Å². The zero-order valence-corrected chi connectivity index (χ0v) is 24.1. The Labute approximate surface area is 254 Å². The lowest BCUT2D eigenvalue weighted by Crippen LogP contribution is -2.34. The van der Waals surface area contributed by atoms with Gasteiger partial charge < -0.3 is 15.8 Å². The van der Waals surface area contributed by atoms with Crippen molar-refractivity contribution in [2.45, 2.75) is 31.6 Å². The molecular formula is C31H28F4N8O2. The molecule has 232 valence electrons. The van der Waals surface area contributed by atoms with Crippen LogP contribution in [-0.4, -0.2) is 55.7 Å². The van der Waals surface area contributed by atoms with E-state index in [-0.39, 0.29) is 29.4 Å². The summed E-state index contributed by atoms with van der Waals surface area (Å²) in [6.07, 6.45) is 1.98. The molecule has 10 nitrogen and oxygen atoms in total. The van der Waals surface area contributed by atoms with E-state index in [1.165, 1.54) is 19.5 Å². The monoisotopic (exact) mass is 620 g/mol. The molecule has 0 atom stereocenters. The topological polar surface area (TPSA) is 124 Å². The van der Waals surface area contributed by atoms with Crippen LogP contribution in [0.2, 0.25) is 0 Å². The highest BCUT2D eigenvalue weighted by Crippen LogP contribution is 2.38. The Kier molecular flexibility index (Phi) is 8.06. The fourth-order valence-corrected chi connectivity index (χ4v) is 5.53. The molecule has 1 aliphatic heterocycles. The fraction of sp³-hybridized carbons (Fsp3) is 0.258. The van der Waals surface area contributed by atoms with Gasteiger partial charge in [0.05, 0.1) is 35.4 Å². The Bertz CT molecular complexity index is 1850. The number of anilines is 2. The number of nitrogens with one attached hydrogen (secondary N) is 1. The lowest BCUT2D eigenvalue weighted by Gasteiger charge is -2.32. The van der Waals surface area contributed by atoms with E-state index >= 15 is 0 Å². The van der Waals surface area contributed by atoms with Crippen molar-refractivity contribution in [1.82, 2.24) is 29.6 Å². The van der Waals surface area contributed by atoms with Crippen molar-refractivity contribution in [2.24, 2.45) is 0 Å². The van der Waals surface area contributed by atoms with E-state index in [2.05, 4.69) is 31.2 Å². The minimum absolute atomic E-state index is 0.0692. The van der Waals surface area contributed by atoms with E-state index in [0.717, 1.165) is 44.1 Å². The van der Waals surface area contributed by atoms with Gasteiger partial charge in [-0.05, 0) is 54.8 Å². The maximum atomic E-state index is 14.4. The van der Waals surface area contributed by atoms with Crippen molar-refractivity contribution in [2.75, 3.05) is 31.2 Å². The summed E-state index contributed by atoms with van der Waals surface area (Å²) < 4.78 is 60.6. The second kappa shape index (κ2) is 12.1. The summed E-state index contributed by atoms with van der Waals surface area (Å²) in [6, 6.07) is 10.6. The van der Waals surface area contributed by atoms with Crippen LogP contribution in [-0.2, 0) is 12.7 Å². The average molecular weight is 621 g/mol. The van der Waals surface area contributed by atoms with Crippen LogP contribution in [0.1, 0.15) is 40.4 Å². The van der Waals surface area contributed by atoms with Crippen molar-refractivity contribution in [3.63, 3.8) is 0 Å². The predicted octanol–water partition coefficient (Wildman–Crippen LogP) is 5.73. The fourth-order valence-electron chi connectivity index (χ4n) is 5.53. The number of hydrogen-bond acceptors (Lipinski definition) is 8. The lowest BCUT2D eigenvalue weighted by atomic mass is 10.0. The maximum Gasteiger partial charge on any atom is 0.416 e. The van der Waals surface area contributed by atoms with Gasteiger partial charge in [-0.1, -0.05) is 12.1 Å². The molecule has 6 rings (SSSR count). The number of rotatable bonds is 7. The number of pyridine rings is 1. The van der Waals surface area contributed by atoms with Gasteiger partial charge in [-0.15, -0.1) is 0 Å². The summed E-state index contributed by atoms with van der Waals surface area (Å²) in [5, 5.41) is 8.01. The molecule has 1 aliphatic rings. The number of benzene rings is 2. The summed E-state index contributed by atoms with van der Waals surface area (Å²) in [5.41, 5.74) is 7.63. The zero-order valence-electron chi connectivity index (χ0n) is 24.1. The Morgan fingerprint density at radius 2 is 1.91 bits per heavy atom. The molecule has 0 saturated carbocycles. The molecule has 0 radical (unpaired) electrons. The molecule has 14 heteroatoms. The first kappa shape index (κ1) is 29.9. The van der Waals surface area contributed by atoms with Crippen LogP contribution in [0.4, 0.5) is 29.1 Å². The highest BCUT2D eigenvalue weighted by Gasteiger charge is 2.32. The van der Waals surface area contributed by atoms with Gasteiger partial charge >= 0.3 is 6.18 Å². The van der Waals surface area contributed by atoms with Gasteiger partial charge in [-0.25, -0.2) is 19.0 Å². The van der Waals surface area contributed by atoms with Crippen molar-refractivity contribution < 1.29 is 27.1 Å². The van der Waals surface area contributed by atoms with E-state index in [1.54, 1.807) is 18.3 Å². The van der Waals surface area contributed by atoms with E-state index in [0.29, 0.717) is 28.4 Å². The van der Waals surface area contributed by atoms with E-state index in [1.807, 2.05) is 16.9 Å². The summed E-state index contributed by atoms with van der Waals surface area (Å²) in [5.74, 6) is -1.76. The smallest absolute Gasteiger partial charge is 0.416 e. The van der Waals surface area contributed by atoms with Crippen LogP contribution < -0.4 is 15.8 Å². The molecule has 0 spiro atoms. The van der Waals surface area contributed by atoms with Crippen molar-refractivity contribution in [3.8, 4) is 17.0 Å². The molecule has 45 heavy (non-hydrogen) atoms. The number of carbonyl (C=O) groups excluding carboxylic acids is 1. The second-order valence-electron chi connectivity index (χ2n) is 10.7. The molecule has 5 aromatic rings. The highest BCUT2D eigenvalue weighted by atomic mass is 19.4. The normalized spacial score (nSPS) is 14.5. The number of nitrogen functional groups attached to an aromatic ring is 1. The number of nitrogens with zero attached hydrogens (tertiary/aromatic N) is 6. The van der Waals surface area contributed by atoms with Crippen LogP contribution in [0.5, 0.6) is 5.75 Å². The summed E-state index contributed by atoms with van der Waals surface area (Å²) in [4.78, 5) is 28.1. The Morgan fingerprint density at radius 3 is 2.60 bits per heavy atom. The number of fused-ring (bicyclic) bond motifs is 1. The number of alkyl halides is 3. The summed E-state index contributed by atoms with van der Waals surface area (Å²) in [6.45, 7) is 2.53. The maximum absolute atomic E-state index is 14.4. The van der Waals surface area contributed by atoms with Crippen LogP contribution >= 0.6 is 0 Å². The molecule has 2 aromatic carbocycles. The summed E-state index contributed by atoms with van der Waals surface area (Å²) >= 11 is 0. The molecule has 3 N–H and O–H groups in total. The summed E-state index contributed by atoms with van der Waals surface area (Å²) in [7, 11) is 1.39. The zero-order chi connectivity index (χ0) is 31.7. The van der Waals surface area contributed by atoms with Gasteiger partial charge in [0.25, 0.3) is 5.91 Å². The predicted molar refractivity (Wildman–Crippen MR) is 159 cm³/mol. The largest absolute Gasteiger partial charge is 0.495 e. The van der Waals surface area contributed by atoms with Crippen LogP contribution in [0, 0.1) is 5.82 Å². The Balaban J connectivity index is 1.25. The third kappa shape index (κ3) is 6.13. The van der Waals surface area contributed by atoms with Crippen molar-refractivity contribution in [1.29, 1.82) is 0 Å². The van der Waals surface area contributed by atoms with Gasteiger partial charge in [-0.3, -0.25) is 14.7 Å². The molecule has 0 bridgehead atoms. The minimum atomic E-state index is -4.74. The number of hydrogen-bond donors (Lipinski definition) is 2. The Hall–Kier alpha value is -5.11. The first-order chi connectivity index (χ1) is 21.6. The number of halogens is 4. The van der Waals surface area contributed by atoms with Gasteiger partial charge in [0.2, 0.25) is 0 Å². The number of nitrogens with two attached hydrogens (primary N) is 1. The number of likely N-dealkylation sites (tertiary alicyclic amines) is 1. The molecule has 3 aromatic heterocycles. The first-order valence-electron chi connectivity index (χ1n) is 14.1. The third-order valence-corrected chi connectivity index (χ3v) is 7.81. The average Bonchev–Trinajstić information content (AvgIpc) is 3.42. The minimum Gasteiger partial charge on any atom is -0.495 e. The molecule has 1 saturated heterocycles. The number of amides is 1. The highest BCUT2D eigenvalue weighted by molar-refractivity contribution is 6.06. The lowest BCUT2D eigenvalue weighted by molar-refractivity contribution is -0.137. The molecule has 0 aliphatic carbocycles.